The Morgan fingerprint density at radius 3 is 2.26 bits per heavy atom. The van der Waals surface area contributed by atoms with Crippen LogP contribution in [0.2, 0.25) is 0 Å². The fraction of sp³-hybridized carbons (Fsp3) is 0.643. The number of hydrogen-bond donors (Lipinski definition) is 6. The number of nitrogens with zero attached hydrogens (tertiary/aromatic N) is 3. The van der Waals surface area contributed by atoms with Crippen molar-refractivity contribution in [1.82, 2.24) is 20.0 Å². The van der Waals surface area contributed by atoms with Gasteiger partial charge in [0, 0.05) is 51.9 Å². The van der Waals surface area contributed by atoms with E-state index in [0.717, 1.165) is 5.56 Å². The normalized spacial score (nSPS) is 22.2. The minimum Gasteiger partial charge on any atom is -0.480 e. The molecule has 0 spiro atoms. The van der Waals surface area contributed by atoms with E-state index in [1.165, 1.54) is 9.80 Å². The van der Waals surface area contributed by atoms with Gasteiger partial charge in [-0.25, -0.2) is 0 Å². The van der Waals surface area contributed by atoms with E-state index in [0.29, 0.717) is 19.4 Å². The van der Waals surface area contributed by atoms with Gasteiger partial charge < -0.3 is 45.7 Å². The third-order valence-electron chi connectivity index (χ3n) is 7.35. The molecule has 0 saturated carbocycles. The standard InChI is InChI=1S/C28H45N5O10/c29-28(23(19-35)21-43-20-22-4-2-1-3-5-22)24(6-14-42-15-13-34)32(17-26(38)39)12-11-31(16-25(36)37)9-7-30-8-10-33(28)18-27(40)41/h1-5,19,23-24,30,34H,6-18,20-21,29H2,(H,36,37)(H,38,39)(H,40,41). The molecule has 0 radical (unpaired) electrons. The maximum absolute atomic E-state index is 12.8. The summed E-state index contributed by atoms with van der Waals surface area (Å²) in [6.07, 6.45) is 0.686. The first-order chi connectivity index (χ1) is 20.6. The van der Waals surface area contributed by atoms with Crippen molar-refractivity contribution in [3.63, 3.8) is 0 Å². The topological polar surface area (TPSA) is 215 Å². The number of aliphatic hydroxyl groups is 1. The minimum atomic E-state index is -1.76. The van der Waals surface area contributed by atoms with Crippen molar-refractivity contribution in [2.75, 3.05) is 85.3 Å². The van der Waals surface area contributed by atoms with E-state index in [9.17, 15) is 39.6 Å². The molecule has 1 saturated heterocycles. The third-order valence-corrected chi connectivity index (χ3v) is 7.35. The van der Waals surface area contributed by atoms with Crippen LogP contribution in [0.3, 0.4) is 0 Å². The number of carbonyl (C=O) groups excluding carboxylic acids is 1. The first kappa shape index (κ1) is 36.2. The summed E-state index contributed by atoms with van der Waals surface area (Å²) < 4.78 is 11.4. The van der Waals surface area contributed by atoms with Crippen LogP contribution in [0.15, 0.2) is 30.3 Å². The maximum Gasteiger partial charge on any atom is 0.317 e. The molecule has 2 rings (SSSR count). The lowest BCUT2D eigenvalue weighted by Gasteiger charge is -2.52. The molecule has 3 atom stereocenters. The molecule has 1 aromatic carbocycles. The van der Waals surface area contributed by atoms with Crippen molar-refractivity contribution in [2.24, 2.45) is 11.7 Å². The molecule has 242 valence electrons. The predicted octanol–water partition coefficient (Wildman–Crippen LogP) is -1.80. The molecular formula is C28H45N5O10. The van der Waals surface area contributed by atoms with E-state index in [1.807, 2.05) is 30.3 Å². The van der Waals surface area contributed by atoms with Gasteiger partial charge in [-0.1, -0.05) is 30.3 Å². The van der Waals surface area contributed by atoms with Crippen molar-refractivity contribution >= 4 is 24.2 Å². The Bertz CT molecular complexity index is 1000. The summed E-state index contributed by atoms with van der Waals surface area (Å²) in [7, 11) is 0. The zero-order valence-electron chi connectivity index (χ0n) is 24.4. The first-order valence-electron chi connectivity index (χ1n) is 14.2. The lowest BCUT2D eigenvalue weighted by molar-refractivity contribution is -0.150. The van der Waals surface area contributed by atoms with Crippen LogP contribution in [0.4, 0.5) is 0 Å². The summed E-state index contributed by atoms with van der Waals surface area (Å²) in [4.78, 5) is 53.1. The third kappa shape index (κ3) is 12.2. The van der Waals surface area contributed by atoms with Crippen molar-refractivity contribution in [2.45, 2.75) is 24.7 Å². The number of carboxylic acid groups (broad SMARTS) is 3. The lowest BCUT2D eigenvalue weighted by Crippen LogP contribution is -2.74. The quantitative estimate of drug-likeness (QED) is 0.0847. The highest BCUT2D eigenvalue weighted by molar-refractivity contribution is 5.70. The van der Waals surface area contributed by atoms with Crippen molar-refractivity contribution < 1.29 is 49.1 Å². The number of carbonyl (C=O) groups is 4. The molecule has 1 aliphatic heterocycles. The fourth-order valence-corrected chi connectivity index (χ4v) is 5.32. The number of benzene rings is 1. The molecule has 0 amide bonds. The molecule has 15 heteroatoms. The fourth-order valence-electron chi connectivity index (χ4n) is 5.32. The van der Waals surface area contributed by atoms with Gasteiger partial charge >= 0.3 is 17.9 Å². The average Bonchev–Trinajstić information content (AvgIpc) is 2.95. The smallest absolute Gasteiger partial charge is 0.317 e. The monoisotopic (exact) mass is 611 g/mol. The maximum atomic E-state index is 12.8. The van der Waals surface area contributed by atoms with Crippen LogP contribution in [-0.4, -0.2) is 156 Å². The van der Waals surface area contributed by atoms with Crippen LogP contribution in [0.25, 0.3) is 0 Å². The molecule has 1 aliphatic rings. The Morgan fingerprint density at radius 2 is 1.63 bits per heavy atom. The number of nitrogens with two attached hydrogens (primary N) is 1. The van der Waals surface area contributed by atoms with Crippen LogP contribution >= 0.6 is 0 Å². The molecule has 1 heterocycles. The summed E-state index contributed by atoms with van der Waals surface area (Å²) >= 11 is 0. The number of rotatable bonds is 17. The van der Waals surface area contributed by atoms with Gasteiger partial charge in [-0.2, -0.15) is 0 Å². The number of carboxylic acids is 3. The molecule has 15 nitrogen and oxygen atoms in total. The van der Waals surface area contributed by atoms with E-state index in [1.54, 1.807) is 4.90 Å². The molecule has 3 unspecified atom stereocenters. The van der Waals surface area contributed by atoms with Gasteiger partial charge in [0.15, 0.2) is 0 Å². The molecule has 7 N–H and O–H groups in total. The van der Waals surface area contributed by atoms with E-state index >= 15 is 0 Å². The van der Waals surface area contributed by atoms with Crippen LogP contribution in [0.5, 0.6) is 0 Å². The first-order valence-corrected chi connectivity index (χ1v) is 14.2. The zero-order chi connectivity index (χ0) is 31.7. The highest BCUT2D eigenvalue weighted by Gasteiger charge is 2.50. The van der Waals surface area contributed by atoms with Gasteiger partial charge in [0.05, 0.1) is 57.6 Å². The Morgan fingerprint density at radius 1 is 0.953 bits per heavy atom. The second-order valence-electron chi connectivity index (χ2n) is 10.4. The van der Waals surface area contributed by atoms with Crippen LogP contribution < -0.4 is 11.1 Å². The van der Waals surface area contributed by atoms with Crippen LogP contribution in [0, 0.1) is 5.92 Å². The van der Waals surface area contributed by atoms with E-state index in [2.05, 4.69) is 5.32 Å². The van der Waals surface area contributed by atoms with Crippen LogP contribution in [-0.2, 0) is 35.3 Å². The van der Waals surface area contributed by atoms with Crippen molar-refractivity contribution in [1.29, 1.82) is 0 Å². The predicted molar refractivity (Wildman–Crippen MR) is 154 cm³/mol. The summed E-state index contributed by atoms with van der Waals surface area (Å²) in [5.74, 6) is -4.52. The van der Waals surface area contributed by atoms with Gasteiger partial charge in [-0.3, -0.25) is 29.1 Å². The molecule has 43 heavy (non-hydrogen) atoms. The highest BCUT2D eigenvalue weighted by Crippen LogP contribution is 2.30. The minimum absolute atomic E-state index is 0.00959. The number of hydrogen-bond acceptors (Lipinski definition) is 12. The Hall–Kier alpha value is -3.02. The molecule has 1 fully saturated rings. The van der Waals surface area contributed by atoms with Gasteiger partial charge in [0.25, 0.3) is 0 Å². The van der Waals surface area contributed by atoms with Crippen molar-refractivity contribution in [3.05, 3.63) is 35.9 Å². The lowest BCUT2D eigenvalue weighted by atomic mass is 9.82. The molecular weight excluding hydrogens is 566 g/mol. The van der Waals surface area contributed by atoms with E-state index < -0.39 is 48.6 Å². The number of aliphatic carboxylic acids is 3. The highest BCUT2D eigenvalue weighted by atomic mass is 16.5. The van der Waals surface area contributed by atoms with Crippen molar-refractivity contribution in [3.8, 4) is 0 Å². The van der Waals surface area contributed by atoms with E-state index in [-0.39, 0.29) is 72.2 Å². The molecule has 1 aromatic rings. The molecule has 0 aromatic heterocycles. The second kappa shape index (κ2) is 19.3. The summed E-state index contributed by atoms with van der Waals surface area (Å²) in [6, 6.07) is 8.29. The number of nitrogens with one attached hydrogen (secondary N) is 1. The number of ether oxygens (including phenoxy) is 2. The average molecular weight is 612 g/mol. The van der Waals surface area contributed by atoms with Crippen LogP contribution in [0.1, 0.15) is 12.0 Å². The Labute approximate surface area is 251 Å². The Balaban J connectivity index is 2.58. The second-order valence-corrected chi connectivity index (χ2v) is 10.4. The van der Waals surface area contributed by atoms with Gasteiger partial charge in [0.1, 0.15) is 6.29 Å². The SMILES string of the molecule is NC1(C(C=O)COCc2ccccc2)C(CCOCCO)N(CC(=O)O)CCN(CC(=O)O)CCNCCN1CC(=O)O. The molecule has 0 bridgehead atoms. The largest absolute Gasteiger partial charge is 0.480 e. The number of aldehydes is 1. The number of aliphatic hydroxyl groups excluding tert-OH is 1. The zero-order valence-corrected chi connectivity index (χ0v) is 24.4. The van der Waals surface area contributed by atoms with Gasteiger partial charge in [-0.15, -0.1) is 0 Å². The van der Waals surface area contributed by atoms with Gasteiger partial charge in [0.2, 0.25) is 0 Å². The van der Waals surface area contributed by atoms with E-state index in [4.69, 9.17) is 15.2 Å². The van der Waals surface area contributed by atoms with Gasteiger partial charge in [-0.05, 0) is 12.0 Å². The molecule has 0 aliphatic carbocycles. The summed E-state index contributed by atoms with van der Waals surface area (Å²) in [5.41, 5.74) is 6.28. The summed E-state index contributed by atoms with van der Waals surface area (Å²) in [6.45, 7) is -0.246. The summed E-state index contributed by atoms with van der Waals surface area (Å²) in [5, 5.41) is 41.5. The Kier molecular flexibility index (Phi) is 16.2.